The molecule has 0 fully saturated rings. The fourth-order valence-corrected chi connectivity index (χ4v) is 2.25. The Morgan fingerprint density at radius 2 is 1.88 bits per heavy atom. The summed E-state index contributed by atoms with van der Waals surface area (Å²) in [5.41, 5.74) is 0.562. The van der Waals surface area contributed by atoms with Gasteiger partial charge in [0.1, 0.15) is 0 Å². The molecule has 0 bridgehead atoms. The molecule has 17 heavy (non-hydrogen) atoms. The highest BCUT2D eigenvalue weighted by Crippen LogP contribution is 2.39. The third-order valence-corrected chi connectivity index (χ3v) is 3.15. The Hall–Kier alpha value is -1.10. The van der Waals surface area contributed by atoms with E-state index in [1.54, 1.807) is 6.07 Å². The van der Waals surface area contributed by atoms with Gasteiger partial charge in [0.05, 0.1) is 27.9 Å². The van der Waals surface area contributed by atoms with Gasteiger partial charge in [-0.15, -0.1) is 0 Å². The van der Waals surface area contributed by atoms with Crippen LogP contribution in [0.1, 0.15) is 10.4 Å². The maximum atomic E-state index is 11.8. The van der Waals surface area contributed by atoms with Crippen molar-refractivity contribution in [1.29, 1.82) is 0 Å². The third-order valence-electron chi connectivity index (χ3n) is 2.53. The molecule has 0 spiro atoms. The van der Waals surface area contributed by atoms with Crippen molar-refractivity contribution in [2.75, 3.05) is 25.2 Å². The number of ketones is 1. The largest absolute Gasteiger partial charge is 0.383 e. The number of Topliss-reactive ketones (excluding diaryl/α,β-unsaturated/α-hetero) is 1. The molecule has 0 N–H and O–H groups in total. The molecule has 0 atom stereocenters. The Labute approximate surface area is 108 Å². The number of benzene rings is 1. The number of methoxy groups -OCH3 is 1. The predicted molar refractivity (Wildman–Crippen MR) is 65.0 cm³/mol. The molecule has 1 heterocycles. The Balaban J connectivity index is 2.52. The molecule has 0 unspecified atom stereocenters. The molecule has 90 valence electrons. The molecule has 0 aliphatic carbocycles. The summed E-state index contributed by atoms with van der Waals surface area (Å²) in [7, 11) is 1.52. The number of anilines is 1. The lowest BCUT2D eigenvalue weighted by Gasteiger charge is -2.16. The van der Waals surface area contributed by atoms with E-state index in [9.17, 15) is 9.59 Å². The van der Waals surface area contributed by atoms with Gasteiger partial charge in [0.25, 0.3) is 11.7 Å². The van der Waals surface area contributed by atoms with Crippen LogP contribution >= 0.6 is 23.2 Å². The zero-order valence-electron chi connectivity index (χ0n) is 9.00. The van der Waals surface area contributed by atoms with Crippen LogP contribution in [0, 0.1) is 0 Å². The van der Waals surface area contributed by atoms with Crippen molar-refractivity contribution in [1.82, 2.24) is 0 Å². The minimum atomic E-state index is -0.622. The Bertz CT molecular complexity index is 502. The molecule has 1 aromatic rings. The highest BCUT2D eigenvalue weighted by atomic mass is 35.5. The van der Waals surface area contributed by atoms with E-state index in [4.69, 9.17) is 27.9 Å². The topological polar surface area (TPSA) is 46.6 Å². The normalized spacial score (nSPS) is 14.4. The van der Waals surface area contributed by atoms with Crippen molar-refractivity contribution >= 4 is 40.6 Å². The van der Waals surface area contributed by atoms with Crippen LogP contribution in [0.25, 0.3) is 0 Å². The molecule has 2 rings (SSSR count). The van der Waals surface area contributed by atoms with Crippen LogP contribution in [0.5, 0.6) is 0 Å². The van der Waals surface area contributed by atoms with E-state index in [1.807, 2.05) is 0 Å². The van der Waals surface area contributed by atoms with Crippen LogP contribution in [0.3, 0.4) is 0 Å². The van der Waals surface area contributed by atoms with Gasteiger partial charge < -0.3 is 9.64 Å². The SMILES string of the molecule is COCCN1C(=O)C(=O)c2c(Cl)ccc(Cl)c21. The predicted octanol–water partition coefficient (Wildman–Crippen LogP) is 2.17. The number of hydrogen-bond acceptors (Lipinski definition) is 3. The average molecular weight is 274 g/mol. The summed E-state index contributed by atoms with van der Waals surface area (Å²) in [5.74, 6) is -1.24. The third kappa shape index (κ3) is 1.92. The van der Waals surface area contributed by atoms with E-state index in [-0.39, 0.29) is 17.1 Å². The van der Waals surface area contributed by atoms with Crippen LogP contribution in [0.15, 0.2) is 12.1 Å². The van der Waals surface area contributed by atoms with Gasteiger partial charge in [-0.05, 0) is 12.1 Å². The zero-order chi connectivity index (χ0) is 12.6. The quantitative estimate of drug-likeness (QED) is 0.793. The van der Waals surface area contributed by atoms with Crippen molar-refractivity contribution in [2.45, 2.75) is 0 Å². The second kappa shape index (κ2) is 4.64. The van der Waals surface area contributed by atoms with Gasteiger partial charge in [-0.1, -0.05) is 23.2 Å². The molecule has 6 heteroatoms. The number of rotatable bonds is 3. The van der Waals surface area contributed by atoms with E-state index >= 15 is 0 Å². The lowest BCUT2D eigenvalue weighted by molar-refractivity contribution is -0.114. The number of amides is 1. The van der Waals surface area contributed by atoms with Gasteiger partial charge >= 0.3 is 0 Å². The van der Waals surface area contributed by atoms with Gasteiger partial charge in [0, 0.05) is 13.7 Å². The molecule has 0 saturated carbocycles. The number of hydrogen-bond donors (Lipinski definition) is 0. The molecular weight excluding hydrogens is 265 g/mol. The Morgan fingerprint density at radius 3 is 2.53 bits per heavy atom. The summed E-state index contributed by atoms with van der Waals surface area (Å²) in [6, 6.07) is 3.07. The molecular formula is C11H9Cl2NO3. The minimum Gasteiger partial charge on any atom is -0.383 e. The smallest absolute Gasteiger partial charge is 0.299 e. The fourth-order valence-electron chi connectivity index (χ4n) is 1.75. The molecule has 1 aliphatic heterocycles. The second-order valence-corrected chi connectivity index (χ2v) is 4.35. The molecule has 1 aromatic carbocycles. The summed E-state index contributed by atoms with van der Waals surface area (Å²) in [6.45, 7) is 0.593. The highest BCUT2D eigenvalue weighted by Gasteiger charge is 2.38. The van der Waals surface area contributed by atoms with Crippen LogP contribution in [-0.4, -0.2) is 32.0 Å². The average Bonchev–Trinajstić information content (AvgIpc) is 2.56. The summed E-state index contributed by atoms with van der Waals surface area (Å²) in [5, 5.41) is 0.572. The molecule has 1 aliphatic rings. The van der Waals surface area contributed by atoms with E-state index in [0.29, 0.717) is 17.3 Å². The summed E-state index contributed by atoms with van der Waals surface area (Å²) < 4.78 is 4.89. The van der Waals surface area contributed by atoms with Crippen LogP contribution in [0.2, 0.25) is 10.0 Å². The van der Waals surface area contributed by atoms with Gasteiger partial charge in [0.15, 0.2) is 0 Å². The van der Waals surface area contributed by atoms with Crippen molar-refractivity contribution < 1.29 is 14.3 Å². The summed E-state index contributed by atoms with van der Waals surface area (Å²) >= 11 is 11.9. The van der Waals surface area contributed by atoms with Gasteiger partial charge in [-0.3, -0.25) is 9.59 Å². The highest BCUT2D eigenvalue weighted by molar-refractivity contribution is 6.56. The fraction of sp³-hybridized carbons (Fsp3) is 0.273. The van der Waals surface area contributed by atoms with E-state index < -0.39 is 11.7 Å². The summed E-state index contributed by atoms with van der Waals surface area (Å²) in [4.78, 5) is 24.8. The maximum absolute atomic E-state index is 11.8. The Morgan fingerprint density at radius 1 is 1.24 bits per heavy atom. The first-order valence-corrected chi connectivity index (χ1v) is 5.66. The van der Waals surface area contributed by atoms with E-state index in [1.165, 1.54) is 18.1 Å². The number of halogens is 2. The first-order chi connectivity index (χ1) is 8.07. The molecule has 0 aromatic heterocycles. The van der Waals surface area contributed by atoms with Crippen molar-refractivity contribution in [3.05, 3.63) is 27.7 Å². The van der Waals surface area contributed by atoms with Crippen LogP contribution in [0.4, 0.5) is 5.69 Å². The van der Waals surface area contributed by atoms with E-state index in [2.05, 4.69) is 0 Å². The van der Waals surface area contributed by atoms with Gasteiger partial charge in [-0.25, -0.2) is 0 Å². The van der Waals surface area contributed by atoms with Crippen LogP contribution in [-0.2, 0) is 9.53 Å². The van der Waals surface area contributed by atoms with Crippen molar-refractivity contribution in [3.63, 3.8) is 0 Å². The van der Waals surface area contributed by atoms with Gasteiger partial charge in [-0.2, -0.15) is 0 Å². The lowest BCUT2D eigenvalue weighted by atomic mass is 10.1. The number of nitrogens with zero attached hydrogens (tertiary/aromatic N) is 1. The molecule has 0 radical (unpaired) electrons. The maximum Gasteiger partial charge on any atom is 0.299 e. The van der Waals surface area contributed by atoms with E-state index in [0.717, 1.165) is 0 Å². The van der Waals surface area contributed by atoms with Crippen LogP contribution < -0.4 is 4.90 Å². The number of fused-ring (bicyclic) bond motifs is 1. The standard InChI is InChI=1S/C11H9Cl2NO3/c1-17-5-4-14-9-7(13)3-2-6(12)8(9)10(15)11(14)16/h2-3H,4-5H2,1H3. The van der Waals surface area contributed by atoms with Crippen molar-refractivity contribution in [2.24, 2.45) is 0 Å². The number of carbonyl (C=O) groups is 2. The molecule has 1 amide bonds. The number of ether oxygens (including phenoxy) is 1. The monoisotopic (exact) mass is 273 g/mol. The first kappa shape index (κ1) is 12.4. The minimum absolute atomic E-state index is 0.181. The summed E-state index contributed by atoms with van der Waals surface area (Å²) in [6.07, 6.45) is 0. The second-order valence-electron chi connectivity index (χ2n) is 3.53. The lowest BCUT2D eigenvalue weighted by Crippen LogP contribution is -2.32. The van der Waals surface area contributed by atoms with Gasteiger partial charge in [0.2, 0.25) is 0 Å². The van der Waals surface area contributed by atoms with Crippen molar-refractivity contribution in [3.8, 4) is 0 Å². The first-order valence-electron chi connectivity index (χ1n) is 4.91. The molecule has 4 nitrogen and oxygen atoms in total. The molecule has 0 saturated heterocycles. The number of carbonyl (C=O) groups excluding carboxylic acids is 2. The zero-order valence-corrected chi connectivity index (χ0v) is 10.5. The Kier molecular flexibility index (Phi) is 3.38.